The predicted molar refractivity (Wildman–Crippen MR) is 59.0 cm³/mol. The molecule has 1 aromatic carbocycles. The third-order valence-corrected chi connectivity index (χ3v) is 3.58. The third-order valence-electron chi connectivity index (χ3n) is 1.88. The van der Waals surface area contributed by atoms with Crippen molar-refractivity contribution in [2.75, 3.05) is 18.9 Å². The highest BCUT2D eigenvalue weighted by Crippen LogP contribution is 2.33. The Hall–Kier alpha value is -0.190. The monoisotopic (exact) mass is 259 g/mol. The summed E-state index contributed by atoms with van der Waals surface area (Å²) < 4.78 is 6.18. The molecule has 1 aromatic rings. The van der Waals surface area contributed by atoms with E-state index in [0.29, 0.717) is 5.25 Å². The molecule has 1 heterocycles. The van der Waals surface area contributed by atoms with Crippen LogP contribution in [0.3, 0.4) is 0 Å². The molecular weight excluding hydrogens is 250 g/mol. The van der Waals surface area contributed by atoms with E-state index in [1.54, 1.807) is 11.8 Å². The number of ether oxygens (including phenoxy) is 1. The Morgan fingerprint density at radius 2 is 2.23 bits per heavy atom. The minimum absolute atomic E-state index is 0.580. The summed E-state index contributed by atoms with van der Waals surface area (Å²) in [6.45, 7) is 1.69. The van der Waals surface area contributed by atoms with E-state index in [-0.39, 0.29) is 0 Å². The highest BCUT2D eigenvalue weighted by Gasteiger charge is 2.20. The molecule has 1 aliphatic heterocycles. The van der Waals surface area contributed by atoms with Gasteiger partial charge in [0.1, 0.15) is 0 Å². The van der Waals surface area contributed by atoms with Gasteiger partial charge in [0.2, 0.25) is 0 Å². The van der Waals surface area contributed by atoms with Crippen molar-refractivity contribution in [3.63, 3.8) is 0 Å². The van der Waals surface area contributed by atoms with Gasteiger partial charge in [-0.2, -0.15) is 0 Å². The number of rotatable bonds is 2. The molecule has 0 aromatic heterocycles. The van der Waals surface area contributed by atoms with Crippen molar-refractivity contribution in [1.82, 2.24) is 0 Å². The van der Waals surface area contributed by atoms with Gasteiger partial charge in [0, 0.05) is 15.1 Å². The Balaban J connectivity index is 2.13. The summed E-state index contributed by atoms with van der Waals surface area (Å²) in [4.78, 5) is 1.14. The number of benzene rings is 1. The van der Waals surface area contributed by atoms with Crippen LogP contribution in [0.1, 0.15) is 0 Å². The molecule has 13 heavy (non-hydrogen) atoms. The van der Waals surface area contributed by atoms with Crippen LogP contribution < -0.4 is 5.73 Å². The molecule has 0 amide bonds. The largest absolute Gasteiger partial charge is 0.398 e. The summed E-state index contributed by atoms with van der Waals surface area (Å²) in [5, 5.41) is 0.580. The van der Waals surface area contributed by atoms with E-state index in [0.717, 1.165) is 28.3 Å². The van der Waals surface area contributed by atoms with Crippen molar-refractivity contribution in [3.8, 4) is 0 Å². The van der Waals surface area contributed by atoms with Gasteiger partial charge in [-0.1, -0.05) is 15.9 Å². The van der Waals surface area contributed by atoms with Gasteiger partial charge in [-0.3, -0.25) is 0 Å². The molecule has 0 spiro atoms. The van der Waals surface area contributed by atoms with Crippen molar-refractivity contribution in [3.05, 3.63) is 22.7 Å². The highest BCUT2D eigenvalue weighted by atomic mass is 79.9. The van der Waals surface area contributed by atoms with E-state index < -0.39 is 0 Å². The molecule has 0 saturated carbocycles. The first-order chi connectivity index (χ1) is 6.25. The maximum absolute atomic E-state index is 5.83. The van der Waals surface area contributed by atoms with E-state index in [9.17, 15) is 0 Å². The SMILES string of the molecule is Nc1ccc(Br)cc1SC1COC1. The molecule has 2 rings (SSSR count). The van der Waals surface area contributed by atoms with Crippen LogP contribution in [0.25, 0.3) is 0 Å². The van der Waals surface area contributed by atoms with Crippen LogP contribution in [0.2, 0.25) is 0 Å². The molecule has 70 valence electrons. The lowest BCUT2D eigenvalue weighted by Gasteiger charge is -2.25. The number of nitrogens with two attached hydrogens (primary N) is 1. The third kappa shape index (κ3) is 2.18. The topological polar surface area (TPSA) is 35.2 Å². The quantitative estimate of drug-likeness (QED) is 0.830. The van der Waals surface area contributed by atoms with Crippen molar-refractivity contribution in [2.24, 2.45) is 0 Å². The zero-order chi connectivity index (χ0) is 9.26. The zero-order valence-electron chi connectivity index (χ0n) is 7.00. The Morgan fingerprint density at radius 3 is 2.85 bits per heavy atom. The van der Waals surface area contributed by atoms with Gasteiger partial charge in [-0.25, -0.2) is 0 Å². The molecule has 0 radical (unpaired) electrons. The summed E-state index contributed by atoms with van der Waals surface area (Å²) in [7, 11) is 0. The highest BCUT2D eigenvalue weighted by molar-refractivity contribution is 9.10. The molecule has 0 bridgehead atoms. The van der Waals surface area contributed by atoms with Crippen LogP contribution in [0.5, 0.6) is 0 Å². The minimum Gasteiger partial charge on any atom is -0.398 e. The van der Waals surface area contributed by atoms with Gasteiger partial charge in [0.25, 0.3) is 0 Å². The van der Waals surface area contributed by atoms with E-state index in [2.05, 4.69) is 22.0 Å². The fraction of sp³-hybridized carbons (Fsp3) is 0.333. The average molecular weight is 260 g/mol. The molecular formula is C9H10BrNOS. The van der Waals surface area contributed by atoms with Crippen molar-refractivity contribution in [1.29, 1.82) is 0 Å². The molecule has 0 atom stereocenters. The van der Waals surface area contributed by atoms with Gasteiger partial charge in [-0.15, -0.1) is 11.8 Å². The first-order valence-electron chi connectivity index (χ1n) is 4.05. The summed E-state index contributed by atoms with van der Waals surface area (Å²) in [5.74, 6) is 0. The number of anilines is 1. The van der Waals surface area contributed by atoms with Crippen molar-refractivity contribution >= 4 is 33.4 Å². The molecule has 2 N–H and O–H groups in total. The predicted octanol–water partition coefficient (Wildman–Crippen LogP) is 2.52. The summed E-state index contributed by atoms with van der Waals surface area (Å²) in [5.41, 5.74) is 6.68. The molecule has 0 unspecified atom stereocenters. The van der Waals surface area contributed by atoms with Crippen molar-refractivity contribution < 1.29 is 4.74 Å². The lowest BCUT2D eigenvalue weighted by atomic mass is 10.3. The van der Waals surface area contributed by atoms with Crippen LogP contribution in [-0.2, 0) is 4.74 Å². The second-order valence-electron chi connectivity index (χ2n) is 2.96. The maximum atomic E-state index is 5.83. The number of thioether (sulfide) groups is 1. The average Bonchev–Trinajstić information content (AvgIpc) is 2.03. The lowest BCUT2D eigenvalue weighted by Crippen LogP contribution is -2.30. The molecule has 4 heteroatoms. The second-order valence-corrected chi connectivity index (χ2v) is 5.22. The fourth-order valence-electron chi connectivity index (χ4n) is 1.07. The standard InChI is InChI=1S/C9H10BrNOS/c10-6-1-2-8(11)9(3-6)13-7-4-12-5-7/h1-3,7H,4-5,11H2. The Morgan fingerprint density at radius 1 is 1.46 bits per heavy atom. The van der Waals surface area contributed by atoms with Gasteiger partial charge in [-0.05, 0) is 18.2 Å². The first kappa shape index (κ1) is 9.37. The lowest BCUT2D eigenvalue weighted by molar-refractivity contribution is 0.0455. The normalized spacial score (nSPS) is 17.0. The number of hydrogen-bond donors (Lipinski definition) is 1. The van der Waals surface area contributed by atoms with Gasteiger partial charge in [0.05, 0.1) is 18.5 Å². The van der Waals surface area contributed by atoms with Crippen LogP contribution in [-0.4, -0.2) is 18.5 Å². The Labute approximate surface area is 90.0 Å². The minimum atomic E-state index is 0.580. The van der Waals surface area contributed by atoms with E-state index in [4.69, 9.17) is 10.5 Å². The molecule has 1 saturated heterocycles. The Kier molecular flexibility index (Phi) is 2.81. The second kappa shape index (κ2) is 3.90. The molecule has 1 aliphatic rings. The maximum Gasteiger partial charge on any atom is 0.0611 e. The van der Waals surface area contributed by atoms with Crippen molar-refractivity contribution in [2.45, 2.75) is 10.1 Å². The van der Waals surface area contributed by atoms with Crippen LogP contribution >= 0.6 is 27.7 Å². The van der Waals surface area contributed by atoms with Gasteiger partial charge in [0.15, 0.2) is 0 Å². The molecule has 1 fully saturated rings. The number of halogens is 1. The molecule has 0 aliphatic carbocycles. The van der Waals surface area contributed by atoms with Crippen LogP contribution in [0.15, 0.2) is 27.6 Å². The fourth-order valence-corrected chi connectivity index (χ4v) is 2.67. The van der Waals surface area contributed by atoms with Crippen LogP contribution in [0.4, 0.5) is 5.69 Å². The Bertz CT molecular complexity index is 314. The molecule has 2 nitrogen and oxygen atoms in total. The summed E-state index contributed by atoms with van der Waals surface area (Å²) in [6, 6.07) is 5.93. The van der Waals surface area contributed by atoms with Crippen LogP contribution in [0, 0.1) is 0 Å². The summed E-state index contributed by atoms with van der Waals surface area (Å²) >= 11 is 5.22. The number of nitrogen functional groups attached to an aromatic ring is 1. The van der Waals surface area contributed by atoms with E-state index in [1.165, 1.54) is 0 Å². The number of hydrogen-bond acceptors (Lipinski definition) is 3. The smallest absolute Gasteiger partial charge is 0.0611 e. The summed E-state index contributed by atoms with van der Waals surface area (Å²) in [6.07, 6.45) is 0. The van der Waals surface area contributed by atoms with E-state index >= 15 is 0 Å². The van der Waals surface area contributed by atoms with E-state index in [1.807, 2.05) is 12.1 Å². The van der Waals surface area contributed by atoms with Gasteiger partial charge >= 0.3 is 0 Å². The zero-order valence-corrected chi connectivity index (χ0v) is 9.40. The van der Waals surface area contributed by atoms with Gasteiger partial charge < -0.3 is 10.5 Å². The first-order valence-corrected chi connectivity index (χ1v) is 5.72.